The van der Waals surface area contributed by atoms with Crippen molar-refractivity contribution < 1.29 is 12.9 Å². The van der Waals surface area contributed by atoms with E-state index in [2.05, 4.69) is 15.2 Å². The second-order valence-electron chi connectivity index (χ2n) is 4.65. The van der Waals surface area contributed by atoms with Crippen molar-refractivity contribution in [2.75, 3.05) is 12.3 Å². The minimum atomic E-state index is -3.22. The third-order valence-corrected chi connectivity index (χ3v) is 4.16. The molecule has 1 heterocycles. The molecular weight excluding hydrogens is 254 g/mol. The van der Waals surface area contributed by atoms with E-state index in [1.807, 2.05) is 0 Å². The summed E-state index contributed by atoms with van der Waals surface area (Å²) >= 11 is 0. The lowest BCUT2D eigenvalue weighted by Crippen LogP contribution is -2.28. The predicted molar refractivity (Wildman–Crippen MR) is 67.5 cm³/mol. The van der Waals surface area contributed by atoms with Crippen LogP contribution in [0.4, 0.5) is 0 Å². The van der Waals surface area contributed by atoms with E-state index in [1.165, 1.54) is 12.8 Å². The van der Waals surface area contributed by atoms with Crippen LogP contribution < -0.4 is 10.0 Å². The molecular formula is C11H19N3O3S. The van der Waals surface area contributed by atoms with Crippen molar-refractivity contribution in [2.45, 2.75) is 38.8 Å². The Morgan fingerprint density at radius 1 is 1.50 bits per heavy atom. The summed E-state index contributed by atoms with van der Waals surface area (Å²) in [6.45, 7) is 2.72. The summed E-state index contributed by atoms with van der Waals surface area (Å²) in [5.74, 6) is 0.821. The zero-order valence-electron chi connectivity index (χ0n) is 10.5. The van der Waals surface area contributed by atoms with Gasteiger partial charge in [-0.3, -0.25) is 0 Å². The van der Waals surface area contributed by atoms with Crippen LogP contribution in [0.2, 0.25) is 0 Å². The van der Waals surface area contributed by atoms with Gasteiger partial charge in [0.1, 0.15) is 5.76 Å². The van der Waals surface area contributed by atoms with Crippen LogP contribution in [0.3, 0.4) is 0 Å². The van der Waals surface area contributed by atoms with Gasteiger partial charge in [-0.1, -0.05) is 5.16 Å². The highest BCUT2D eigenvalue weighted by atomic mass is 32.2. The second-order valence-corrected chi connectivity index (χ2v) is 6.58. The zero-order valence-corrected chi connectivity index (χ0v) is 11.3. The summed E-state index contributed by atoms with van der Waals surface area (Å²) in [6.07, 6.45) is 3.07. The van der Waals surface area contributed by atoms with Crippen molar-refractivity contribution in [2.24, 2.45) is 0 Å². The highest BCUT2D eigenvalue weighted by Gasteiger charge is 2.20. The largest absolute Gasteiger partial charge is 0.361 e. The maximum Gasteiger partial charge on any atom is 0.212 e. The fourth-order valence-corrected chi connectivity index (χ4v) is 2.65. The van der Waals surface area contributed by atoms with Gasteiger partial charge in [-0.2, -0.15) is 0 Å². The average molecular weight is 273 g/mol. The summed E-state index contributed by atoms with van der Waals surface area (Å²) in [6, 6.07) is 2.34. The molecule has 0 atom stereocenters. The molecule has 1 aliphatic carbocycles. The van der Waals surface area contributed by atoms with Gasteiger partial charge in [0, 0.05) is 12.1 Å². The molecule has 0 bridgehead atoms. The van der Waals surface area contributed by atoms with Gasteiger partial charge in [0.05, 0.1) is 18.0 Å². The summed E-state index contributed by atoms with van der Waals surface area (Å²) in [7, 11) is -3.22. The molecule has 0 radical (unpaired) electrons. The van der Waals surface area contributed by atoms with Gasteiger partial charge in [0.2, 0.25) is 10.0 Å². The number of aromatic nitrogens is 1. The summed E-state index contributed by atoms with van der Waals surface area (Å²) < 4.78 is 30.7. The number of rotatable bonds is 8. The molecule has 6 nitrogen and oxygen atoms in total. The molecule has 1 fully saturated rings. The van der Waals surface area contributed by atoms with Crippen molar-refractivity contribution >= 4 is 10.0 Å². The Labute approximate surface area is 107 Å². The number of hydrogen-bond acceptors (Lipinski definition) is 5. The fourth-order valence-electron chi connectivity index (χ4n) is 1.61. The number of nitrogens with zero attached hydrogens (tertiary/aromatic N) is 1. The number of hydrogen-bond donors (Lipinski definition) is 2. The third-order valence-electron chi connectivity index (χ3n) is 2.75. The maximum atomic E-state index is 11.7. The van der Waals surface area contributed by atoms with Gasteiger partial charge in [0.15, 0.2) is 0 Å². The number of sulfonamides is 1. The Balaban J connectivity index is 1.66. The van der Waals surface area contributed by atoms with E-state index in [4.69, 9.17) is 4.52 Å². The maximum absolute atomic E-state index is 11.7. The van der Waals surface area contributed by atoms with Crippen LogP contribution in [0.5, 0.6) is 0 Å². The van der Waals surface area contributed by atoms with Crippen LogP contribution in [-0.4, -0.2) is 31.9 Å². The smallest absolute Gasteiger partial charge is 0.212 e. The first kappa shape index (κ1) is 13.5. The van der Waals surface area contributed by atoms with Crippen LogP contribution in [-0.2, 0) is 16.6 Å². The average Bonchev–Trinajstić information content (AvgIpc) is 3.04. The molecule has 0 aliphatic heterocycles. The summed E-state index contributed by atoms with van der Waals surface area (Å²) in [5.41, 5.74) is 0.604. The van der Waals surface area contributed by atoms with E-state index in [0.29, 0.717) is 23.9 Å². The van der Waals surface area contributed by atoms with E-state index in [0.717, 1.165) is 6.54 Å². The molecule has 1 aromatic rings. The van der Waals surface area contributed by atoms with Crippen LogP contribution in [0, 0.1) is 6.92 Å². The topological polar surface area (TPSA) is 84.2 Å². The van der Waals surface area contributed by atoms with E-state index >= 15 is 0 Å². The van der Waals surface area contributed by atoms with E-state index in [1.54, 1.807) is 13.0 Å². The standard InChI is InChI=1S/C11H19N3O3S/c1-9-7-11(14-17-9)8-13-18(15,16)6-2-5-12-10-3-4-10/h7,10,12-13H,2-6,8H2,1H3. The molecule has 0 aromatic carbocycles. The third kappa shape index (κ3) is 4.75. The number of aryl methyl sites for hydroxylation is 1. The van der Waals surface area contributed by atoms with Crippen LogP contribution >= 0.6 is 0 Å². The molecule has 2 rings (SSSR count). The van der Waals surface area contributed by atoms with Crippen LogP contribution in [0.25, 0.3) is 0 Å². The van der Waals surface area contributed by atoms with Crippen molar-refractivity contribution in [3.63, 3.8) is 0 Å². The van der Waals surface area contributed by atoms with Crippen LogP contribution in [0.15, 0.2) is 10.6 Å². The molecule has 1 aromatic heterocycles. The predicted octanol–water partition coefficient (Wildman–Crippen LogP) is 0.545. The molecule has 0 amide bonds. The normalized spacial score (nSPS) is 16.1. The highest BCUT2D eigenvalue weighted by molar-refractivity contribution is 7.89. The van der Waals surface area contributed by atoms with Crippen molar-refractivity contribution in [1.29, 1.82) is 0 Å². The Morgan fingerprint density at radius 3 is 2.89 bits per heavy atom. The van der Waals surface area contributed by atoms with Crippen molar-refractivity contribution in [1.82, 2.24) is 15.2 Å². The molecule has 18 heavy (non-hydrogen) atoms. The summed E-state index contributed by atoms with van der Waals surface area (Å²) in [4.78, 5) is 0. The molecule has 0 unspecified atom stereocenters. The Bertz CT molecular complexity index is 479. The molecule has 2 N–H and O–H groups in total. The lowest BCUT2D eigenvalue weighted by molar-refractivity contribution is 0.390. The van der Waals surface area contributed by atoms with Crippen molar-refractivity contribution in [3.8, 4) is 0 Å². The molecule has 1 saturated carbocycles. The number of nitrogens with one attached hydrogen (secondary N) is 2. The highest BCUT2D eigenvalue weighted by Crippen LogP contribution is 2.18. The molecule has 102 valence electrons. The van der Waals surface area contributed by atoms with Crippen LogP contribution in [0.1, 0.15) is 30.7 Å². The molecule has 1 aliphatic rings. The van der Waals surface area contributed by atoms with E-state index in [9.17, 15) is 8.42 Å². The molecule has 7 heteroatoms. The zero-order chi connectivity index (χ0) is 13.0. The lowest BCUT2D eigenvalue weighted by atomic mass is 10.4. The first-order valence-corrected chi connectivity index (χ1v) is 7.83. The SMILES string of the molecule is Cc1cc(CNS(=O)(=O)CCCNC2CC2)no1. The lowest BCUT2D eigenvalue weighted by Gasteiger charge is -2.05. The summed E-state index contributed by atoms with van der Waals surface area (Å²) in [5, 5.41) is 7.02. The van der Waals surface area contributed by atoms with Gasteiger partial charge in [0.25, 0.3) is 0 Å². The van der Waals surface area contributed by atoms with Gasteiger partial charge >= 0.3 is 0 Å². The van der Waals surface area contributed by atoms with Gasteiger partial charge < -0.3 is 9.84 Å². The molecule has 0 spiro atoms. The second kappa shape index (κ2) is 5.81. The Hall–Kier alpha value is -0.920. The van der Waals surface area contributed by atoms with Gasteiger partial charge in [-0.25, -0.2) is 13.1 Å². The van der Waals surface area contributed by atoms with Gasteiger partial charge in [-0.05, 0) is 32.7 Å². The minimum absolute atomic E-state index is 0.142. The van der Waals surface area contributed by atoms with Gasteiger partial charge in [-0.15, -0.1) is 0 Å². The first-order valence-electron chi connectivity index (χ1n) is 6.18. The fraction of sp³-hybridized carbons (Fsp3) is 0.727. The Kier molecular flexibility index (Phi) is 4.36. The van der Waals surface area contributed by atoms with E-state index in [-0.39, 0.29) is 12.3 Å². The Morgan fingerprint density at radius 2 is 2.28 bits per heavy atom. The first-order chi connectivity index (χ1) is 8.55. The minimum Gasteiger partial charge on any atom is -0.361 e. The molecule has 0 saturated heterocycles. The monoisotopic (exact) mass is 273 g/mol. The van der Waals surface area contributed by atoms with E-state index < -0.39 is 10.0 Å². The quantitative estimate of drug-likeness (QED) is 0.676. The van der Waals surface area contributed by atoms with Crippen molar-refractivity contribution in [3.05, 3.63) is 17.5 Å².